The summed E-state index contributed by atoms with van der Waals surface area (Å²) in [4.78, 5) is 17.0. The predicted molar refractivity (Wildman–Crippen MR) is 109 cm³/mol. The summed E-state index contributed by atoms with van der Waals surface area (Å²) in [5.74, 6) is -2.81. The van der Waals surface area contributed by atoms with Gasteiger partial charge in [0.2, 0.25) is 11.6 Å². The topological polar surface area (TPSA) is 101 Å². The van der Waals surface area contributed by atoms with Gasteiger partial charge in [-0.2, -0.15) is 0 Å². The maximum Gasteiger partial charge on any atom is 0.325 e. The summed E-state index contributed by atoms with van der Waals surface area (Å²) in [5, 5.41) is 12.8. The van der Waals surface area contributed by atoms with E-state index in [1.807, 2.05) is 0 Å². The number of alkyl halides is 2. The molecule has 1 aliphatic carbocycles. The lowest BCUT2D eigenvalue weighted by molar-refractivity contribution is -0.909. The molecule has 3 rings (SSSR count). The zero-order valence-electron chi connectivity index (χ0n) is 16.9. The molecule has 1 heterocycles. The number of nitrogens with two attached hydrogens (primary N) is 1. The number of ether oxygens (including phenoxy) is 1. The molecule has 0 radical (unpaired) electrons. The molecule has 1 aromatic heterocycles. The average Bonchev–Trinajstić information content (AvgIpc) is 2.70. The van der Waals surface area contributed by atoms with Crippen molar-refractivity contribution in [2.75, 3.05) is 18.2 Å². The fraction of sp³-hybridized carbons (Fsp3) is 0.381. The van der Waals surface area contributed by atoms with Gasteiger partial charge in [0.25, 0.3) is 0 Å². The van der Waals surface area contributed by atoms with Crippen molar-refractivity contribution in [1.82, 2.24) is 0 Å². The van der Waals surface area contributed by atoms with E-state index in [4.69, 9.17) is 10.5 Å². The summed E-state index contributed by atoms with van der Waals surface area (Å²) in [6.07, 6.45) is 1.82. The van der Waals surface area contributed by atoms with Gasteiger partial charge in [0.05, 0.1) is 18.8 Å². The largest absolute Gasteiger partial charge is 0.494 e. The molecule has 9 heteroatoms. The first-order valence-electron chi connectivity index (χ1n) is 9.61. The highest BCUT2D eigenvalue weighted by Gasteiger charge is 2.34. The molecule has 1 saturated carbocycles. The van der Waals surface area contributed by atoms with Crippen LogP contribution in [0.1, 0.15) is 47.4 Å². The molecule has 1 amide bonds. The summed E-state index contributed by atoms with van der Waals surface area (Å²) >= 11 is 0. The zero-order valence-corrected chi connectivity index (χ0v) is 16.9. The number of anilines is 2. The molecule has 0 bridgehead atoms. The Bertz CT molecular complexity index is 969. The van der Waals surface area contributed by atoms with Gasteiger partial charge >= 0.3 is 11.6 Å². The minimum absolute atomic E-state index is 0.0484. The number of nitrogens with zero attached hydrogens (tertiary/aromatic N) is 2. The van der Waals surface area contributed by atoms with E-state index in [-0.39, 0.29) is 24.6 Å². The molecule has 30 heavy (non-hydrogen) atoms. The van der Waals surface area contributed by atoms with Gasteiger partial charge < -0.3 is 15.8 Å². The molecule has 4 N–H and O–H groups in total. The van der Waals surface area contributed by atoms with Crippen LogP contribution in [0, 0.1) is 6.92 Å². The first-order chi connectivity index (χ1) is 14.2. The average molecular weight is 419 g/mol. The van der Waals surface area contributed by atoms with Gasteiger partial charge in [-0.1, -0.05) is 0 Å². The number of aromatic nitrogens is 1. The van der Waals surface area contributed by atoms with Gasteiger partial charge in [-0.3, -0.25) is 15.0 Å². The zero-order chi connectivity index (χ0) is 21.9. The van der Waals surface area contributed by atoms with E-state index in [2.05, 4.69) is 10.3 Å². The number of carbonyl (C=O) groups excluding carboxylic acids is 1. The maximum absolute atomic E-state index is 13.3. The Balaban J connectivity index is 1.82. The molecule has 0 aliphatic heterocycles. The van der Waals surface area contributed by atoms with Crippen LogP contribution in [0.25, 0.3) is 0 Å². The van der Waals surface area contributed by atoms with Crippen molar-refractivity contribution in [2.45, 2.75) is 44.6 Å². The smallest absolute Gasteiger partial charge is 0.325 e. The number of hydrogen-bond donors (Lipinski definition) is 3. The van der Waals surface area contributed by atoms with Gasteiger partial charge in [-0.05, 0) is 25.0 Å². The molecule has 0 spiro atoms. The maximum atomic E-state index is 13.3. The molecule has 0 unspecified atom stereocenters. The van der Waals surface area contributed by atoms with Crippen LogP contribution in [0.5, 0.6) is 5.75 Å². The minimum atomic E-state index is -2.61. The summed E-state index contributed by atoms with van der Waals surface area (Å²) in [6, 6.07) is 7.76. The fourth-order valence-corrected chi connectivity index (χ4v) is 3.32. The number of benzene rings is 1. The first kappa shape index (κ1) is 21.5. The Labute approximate surface area is 173 Å². The number of pyridine rings is 1. The van der Waals surface area contributed by atoms with Gasteiger partial charge in [0.15, 0.2) is 0 Å². The lowest BCUT2D eigenvalue weighted by Gasteiger charge is -2.25. The summed E-state index contributed by atoms with van der Waals surface area (Å²) in [5.41, 5.74) is 7.86. The van der Waals surface area contributed by atoms with E-state index in [1.165, 1.54) is 19.4 Å². The number of nitrogens with one attached hydrogen (secondary N) is 1. The van der Waals surface area contributed by atoms with Crippen molar-refractivity contribution in [2.24, 2.45) is 4.99 Å². The molecule has 1 fully saturated rings. The second kappa shape index (κ2) is 8.64. The molecule has 1 aliphatic rings. The van der Waals surface area contributed by atoms with Crippen LogP contribution in [0.4, 0.5) is 20.2 Å². The summed E-state index contributed by atoms with van der Waals surface area (Å²) < 4.78 is 32.7. The van der Waals surface area contributed by atoms with E-state index in [0.29, 0.717) is 41.2 Å². The van der Waals surface area contributed by atoms with E-state index >= 15 is 0 Å². The molecule has 160 valence electrons. The monoisotopic (exact) mass is 419 g/mol. The number of halogens is 2. The number of amides is 1. The van der Waals surface area contributed by atoms with Crippen LogP contribution >= 0.6 is 0 Å². The molecule has 0 atom stereocenters. The predicted octanol–water partition coefficient (Wildman–Crippen LogP) is 3.36. The van der Waals surface area contributed by atoms with Crippen LogP contribution in [0.2, 0.25) is 0 Å². The minimum Gasteiger partial charge on any atom is -0.494 e. The van der Waals surface area contributed by atoms with Crippen molar-refractivity contribution >= 4 is 23.5 Å². The summed E-state index contributed by atoms with van der Waals surface area (Å²) in [7, 11) is 1.44. The Morgan fingerprint density at radius 3 is 2.73 bits per heavy atom. The van der Waals surface area contributed by atoms with Crippen LogP contribution in [0.3, 0.4) is 0 Å². The fourth-order valence-electron chi connectivity index (χ4n) is 3.32. The van der Waals surface area contributed by atoms with Crippen LogP contribution < -0.4 is 20.5 Å². The van der Waals surface area contributed by atoms with Gasteiger partial charge in [-0.25, -0.2) is 8.78 Å². The Hall–Kier alpha value is -3.23. The number of carbonyl (C=O) groups is 1. The van der Waals surface area contributed by atoms with Crippen molar-refractivity contribution in [3.05, 3.63) is 47.3 Å². The highest BCUT2D eigenvalue weighted by molar-refractivity contribution is 6.04. The third-order valence-electron chi connectivity index (χ3n) is 5.15. The highest BCUT2D eigenvalue weighted by atomic mass is 19.3. The number of nitrogen functional groups attached to an aromatic ring is 1. The Morgan fingerprint density at radius 2 is 2.07 bits per heavy atom. The normalized spacial score (nSPS) is 16.5. The van der Waals surface area contributed by atoms with Gasteiger partial charge in [-0.15, -0.1) is 0 Å². The highest BCUT2D eigenvalue weighted by Crippen LogP contribution is 2.34. The van der Waals surface area contributed by atoms with Crippen LogP contribution in [0.15, 0.2) is 35.3 Å². The number of aliphatic imine (C=N–C) groups is 1. The van der Waals surface area contributed by atoms with Crippen molar-refractivity contribution in [3.8, 4) is 5.75 Å². The number of hydrogen-bond acceptors (Lipinski definition) is 5. The molecular formula is C21H25F2N4O3+. The number of rotatable bonds is 5. The van der Waals surface area contributed by atoms with Crippen molar-refractivity contribution < 1.29 is 28.2 Å². The van der Waals surface area contributed by atoms with E-state index in [0.717, 1.165) is 4.73 Å². The first-order valence-corrected chi connectivity index (χ1v) is 9.61. The third kappa shape index (κ3) is 4.84. The van der Waals surface area contributed by atoms with E-state index in [1.54, 1.807) is 31.2 Å². The lowest BCUT2D eigenvalue weighted by Crippen LogP contribution is -2.42. The molecule has 1 aromatic carbocycles. The van der Waals surface area contributed by atoms with E-state index in [9.17, 15) is 18.8 Å². The molecular weight excluding hydrogens is 394 g/mol. The second-order valence-electron chi connectivity index (χ2n) is 7.37. The Kier molecular flexibility index (Phi) is 6.19. The molecule has 2 aromatic rings. The second-order valence-corrected chi connectivity index (χ2v) is 7.37. The molecule has 0 saturated heterocycles. The van der Waals surface area contributed by atoms with Crippen molar-refractivity contribution in [1.29, 1.82) is 0 Å². The quantitative estimate of drug-likeness (QED) is 0.299. The van der Waals surface area contributed by atoms with Gasteiger partial charge in [0.1, 0.15) is 5.75 Å². The molecule has 7 nitrogen and oxygen atoms in total. The lowest BCUT2D eigenvalue weighted by atomic mass is 9.93. The number of methoxy groups -OCH3 is 1. The number of aryl methyl sites for hydroxylation is 1. The van der Waals surface area contributed by atoms with E-state index < -0.39 is 11.8 Å². The Morgan fingerprint density at radius 1 is 1.37 bits per heavy atom. The standard InChI is InChI=1S/C21H24F2N4O3/c1-13-4-3-5-18(27(13)29)20(28)26-17-10-14(16(24)11-19(17)30-2)12-25-15-6-8-21(22,23)9-7-15/h3-5,10-12,15,24,28-29H,6-9H2,1-2H3/p+1. The third-order valence-corrected chi connectivity index (χ3v) is 5.15. The summed E-state index contributed by atoms with van der Waals surface area (Å²) in [6.45, 7) is 1.66. The SMILES string of the molecule is COc1cc(N)c(C=NC2CCC(F)(F)CC2)cc1NC(=O)c1cccc(C)[n+]1O. The van der Waals surface area contributed by atoms with Gasteiger partial charge in [0, 0.05) is 60.2 Å². The van der Waals surface area contributed by atoms with Crippen LogP contribution in [-0.2, 0) is 0 Å². The van der Waals surface area contributed by atoms with Crippen LogP contribution in [-0.4, -0.2) is 36.4 Å². The van der Waals surface area contributed by atoms with Crippen molar-refractivity contribution in [3.63, 3.8) is 0 Å².